The Morgan fingerprint density at radius 2 is 2.03 bits per heavy atom. The predicted octanol–water partition coefficient (Wildman–Crippen LogP) is 3.30. The van der Waals surface area contributed by atoms with Crippen molar-refractivity contribution < 1.29 is 13.9 Å². The standard InChI is InChI=1S/C22H32FN7O2/c1-3-17(18-7-4-10-24-18)27-22-29-20(25-14-8-9-19(31-2)16(23)12-14)28-21(30-22)26-15-6-5-11-32-13-15/h8-9,12,15,17-18,24H,3-7,10-11,13H2,1-2H3,(H3,25,26,27,28,29,30). The summed E-state index contributed by atoms with van der Waals surface area (Å²) in [4.78, 5) is 13.7. The second kappa shape index (κ2) is 10.7. The molecule has 1 aromatic carbocycles. The number of benzene rings is 1. The lowest BCUT2D eigenvalue weighted by Crippen LogP contribution is -2.40. The highest BCUT2D eigenvalue weighted by Crippen LogP contribution is 2.24. The zero-order chi connectivity index (χ0) is 22.3. The quantitative estimate of drug-likeness (QED) is 0.463. The van der Waals surface area contributed by atoms with Gasteiger partial charge in [-0.1, -0.05) is 6.92 Å². The Hall–Kier alpha value is -2.72. The van der Waals surface area contributed by atoms with E-state index in [9.17, 15) is 4.39 Å². The van der Waals surface area contributed by atoms with Crippen LogP contribution in [-0.2, 0) is 4.74 Å². The van der Waals surface area contributed by atoms with Crippen LogP contribution in [0.2, 0.25) is 0 Å². The maximum absolute atomic E-state index is 14.1. The summed E-state index contributed by atoms with van der Waals surface area (Å²) in [6.45, 7) is 4.58. The molecule has 3 unspecified atom stereocenters. The topological polar surface area (TPSA) is 105 Å². The summed E-state index contributed by atoms with van der Waals surface area (Å²) in [6.07, 6.45) is 5.22. The summed E-state index contributed by atoms with van der Waals surface area (Å²) in [6, 6.07) is 5.37. The summed E-state index contributed by atoms with van der Waals surface area (Å²) in [5, 5.41) is 13.5. The fraction of sp³-hybridized carbons (Fsp3) is 0.591. The van der Waals surface area contributed by atoms with Crippen molar-refractivity contribution >= 4 is 23.5 Å². The van der Waals surface area contributed by atoms with Gasteiger partial charge in [0.15, 0.2) is 11.6 Å². The first-order chi connectivity index (χ1) is 15.6. The van der Waals surface area contributed by atoms with Crippen molar-refractivity contribution in [2.75, 3.05) is 42.8 Å². The van der Waals surface area contributed by atoms with Crippen LogP contribution in [0.3, 0.4) is 0 Å². The number of anilines is 4. The van der Waals surface area contributed by atoms with E-state index in [1.165, 1.54) is 19.6 Å². The van der Waals surface area contributed by atoms with Gasteiger partial charge in [0.2, 0.25) is 17.8 Å². The average molecular weight is 446 g/mol. The van der Waals surface area contributed by atoms with Gasteiger partial charge in [-0.3, -0.25) is 0 Å². The smallest absolute Gasteiger partial charge is 0.233 e. The van der Waals surface area contributed by atoms with Crippen LogP contribution in [-0.4, -0.2) is 59.9 Å². The summed E-state index contributed by atoms with van der Waals surface area (Å²) in [7, 11) is 1.44. The molecule has 1 aromatic heterocycles. The number of rotatable bonds is 9. The molecule has 0 saturated carbocycles. The Balaban J connectivity index is 1.56. The maximum atomic E-state index is 14.1. The van der Waals surface area contributed by atoms with Crippen LogP contribution in [0.25, 0.3) is 0 Å². The molecule has 3 heterocycles. The molecule has 9 nitrogen and oxygen atoms in total. The molecule has 32 heavy (non-hydrogen) atoms. The van der Waals surface area contributed by atoms with Gasteiger partial charge in [0.25, 0.3) is 0 Å². The third-order valence-electron chi connectivity index (χ3n) is 5.88. The molecule has 2 aliphatic heterocycles. The van der Waals surface area contributed by atoms with Gasteiger partial charge >= 0.3 is 0 Å². The molecule has 2 saturated heterocycles. The number of halogens is 1. The minimum atomic E-state index is -0.457. The average Bonchev–Trinajstić information content (AvgIpc) is 3.33. The zero-order valence-corrected chi connectivity index (χ0v) is 18.7. The van der Waals surface area contributed by atoms with Crippen molar-refractivity contribution in [3.63, 3.8) is 0 Å². The Labute approximate surface area is 187 Å². The predicted molar refractivity (Wildman–Crippen MR) is 122 cm³/mol. The van der Waals surface area contributed by atoms with Crippen LogP contribution >= 0.6 is 0 Å². The fourth-order valence-corrected chi connectivity index (χ4v) is 4.18. The van der Waals surface area contributed by atoms with Gasteiger partial charge in [-0.25, -0.2) is 4.39 Å². The van der Waals surface area contributed by atoms with Gasteiger partial charge in [0.05, 0.1) is 19.8 Å². The van der Waals surface area contributed by atoms with E-state index in [1.807, 2.05) is 0 Å². The lowest BCUT2D eigenvalue weighted by atomic mass is 10.0. The Bertz CT molecular complexity index is 889. The molecular weight excluding hydrogens is 413 g/mol. The first kappa shape index (κ1) is 22.5. The third-order valence-corrected chi connectivity index (χ3v) is 5.88. The number of methoxy groups -OCH3 is 1. The molecule has 174 valence electrons. The van der Waals surface area contributed by atoms with Crippen molar-refractivity contribution in [1.82, 2.24) is 20.3 Å². The monoisotopic (exact) mass is 445 g/mol. The molecule has 0 radical (unpaired) electrons. The highest BCUT2D eigenvalue weighted by molar-refractivity contribution is 5.57. The van der Waals surface area contributed by atoms with Crippen LogP contribution in [0.5, 0.6) is 5.75 Å². The summed E-state index contributed by atoms with van der Waals surface area (Å²) in [5.41, 5.74) is 0.525. The van der Waals surface area contributed by atoms with E-state index < -0.39 is 5.82 Å². The summed E-state index contributed by atoms with van der Waals surface area (Å²) in [5.74, 6) is 1.00. The molecule has 3 atom stereocenters. The molecule has 4 rings (SSSR count). The fourth-order valence-electron chi connectivity index (χ4n) is 4.18. The Kier molecular flexibility index (Phi) is 7.54. The molecule has 2 aromatic rings. The maximum Gasteiger partial charge on any atom is 0.233 e. The van der Waals surface area contributed by atoms with Crippen molar-refractivity contribution in [3.05, 3.63) is 24.0 Å². The lowest BCUT2D eigenvalue weighted by molar-refractivity contribution is 0.0874. The Morgan fingerprint density at radius 3 is 2.72 bits per heavy atom. The van der Waals surface area contributed by atoms with E-state index in [0.717, 1.165) is 38.8 Å². The number of aromatic nitrogens is 3. The number of nitrogens with zero attached hydrogens (tertiary/aromatic N) is 3. The number of hydrogen-bond donors (Lipinski definition) is 4. The van der Waals surface area contributed by atoms with Gasteiger partial charge < -0.3 is 30.7 Å². The largest absolute Gasteiger partial charge is 0.494 e. The van der Waals surface area contributed by atoms with Crippen LogP contribution < -0.4 is 26.0 Å². The molecule has 2 fully saturated rings. The van der Waals surface area contributed by atoms with E-state index in [-0.39, 0.29) is 17.8 Å². The molecule has 0 amide bonds. The summed E-state index contributed by atoms with van der Waals surface area (Å²) >= 11 is 0. The van der Waals surface area contributed by atoms with Gasteiger partial charge in [-0.2, -0.15) is 15.0 Å². The van der Waals surface area contributed by atoms with E-state index in [4.69, 9.17) is 9.47 Å². The summed E-state index contributed by atoms with van der Waals surface area (Å²) < 4.78 is 24.7. The minimum absolute atomic E-state index is 0.142. The number of hydrogen-bond acceptors (Lipinski definition) is 9. The van der Waals surface area contributed by atoms with Gasteiger partial charge in [0.1, 0.15) is 0 Å². The van der Waals surface area contributed by atoms with Crippen LogP contribution in [0, 0.1) is 5.82 Å². The van der Waals surface area contributed by atoms with Gasteiger partial charge in [-0.05, 0) is 50.8 Å². The Morgan fingerprint density at radius 1 is 1.19 bits per heavy atom. The highest BCUT2D eigenvalue weighted by atomic mass is 19.1. The van der Waals surface area contributed by atoms with E-state index in [2.05, 4.69) is 43.1 Å². The van der Waals surface area contributed by atoms with Crippen molar-refractivity contribution in [3.8, 4) is 5.75 Å². The molecule has 0 spiro atoms. The molecule has 0 aliphatic carbocycles. The number of ether oxygens (including phenoxy) is 2. The molecule has 2 aliphatic rings. The van der Waals surface area contributed by atoms with E-state index in [0.29, 0.717) is 36.2 Å². The molecule has 4 N–H and O–H groups in total. The SMILES string of the molecule is CCC(Nc1nc(Nc2ccc(OC)c(F)c2)nc(NC2CCCOC2)n1)C1CCCN1. The van der Waals surface area contributed by atoms with Gasteiger partial charge in [-0.15, -0.1) is 0 Å². The third kappa shape index (κ3) is 5.74. The molecule has 0 bridgehead atoms. The zero-order valence-electron chi connectivity index (χ0n) is 18.7. The van der Waals surface area contributed by atoms with Crippen LogP contribution in [0.15, 0.2) is 18.2 Å². The van der Waals surface area contributed by atoms with Crippen LogP contribution in [0.1, 0.15) is 39.0 Å². The van der Waals surface area contributed by atoms with Crippen molar-refractivity contribution in [1.29, 1.82) is 0 Å². The van der Waals surface area contributed by atoms with E-state index >= 15 is 0 Å². The van der Waals surface area contributed by atoms with Crippen molar-refractivity contribution in [2.24, 2.45) is 0 Å². The number of nitrogens with one attached hydrogen (secondary N) is 4. The van der Waals surface area contributed by atoms with Crippen molar-refractivity contribution in [2.45, 2.75) is 57.2 Å². The minimum Gasteiger partial charge on any atom is -0.494 e. The second-order valence-corrected chi connectivity index (χ2v) is 8.20. The first-order valence-corrected chi connectivity index (χ1v) is 11.4. The lowest BCUT2D eigenvalue weighted by Gasteiger charge is -2.25. The van der Waals surface area contributed by atoms with E-state index in [1.54, 1.807) is 12.1 Å². The first-order valence-electron chi connectivity index (χ1n) is 11.4. The highest BCUT2D eigenvalue weighted by Gasteiger charge is 2.24. The van der Waals surface area contributed by atoms with Gasteiger partial charge in [0, 0.05) is 30.4 Å². The molecule has 10 heteroatoms. The second-order valence-electron chi connectivity index (χ2n) is 8.20. The normalized spacial score (nSPS) is 21.7. The molecular formula is C22H32FN7O2. The van der Waals surface area contributed by atoms with Crippen LogP contribution in [0.4, 0.5) is 27.9 Å².